The van der Waals surface area contributed by atoms with E-state index in [-0.39, 0.29) is 5.41 Å². The molecule has 2 saturated heterocycles. The summed E-state index contributed by atoms with van der Waals surface area (Å²) in [6.07, 6.45) is 9.89. The van der Waals surface area contributed by atoms with E-state index in [0.717, 1.165) is 57.4 Å². The Balaban J connectivity index is 1.17. The molecule has 1 aromatic heterocycles. The average Bonchev–Trinajstić information content (AvgIpc) is 3.35. The smallest absolute Gasteiger partial charge is 0.232 e. The summed E-state index contributed by atoms with van der Waals surface area (Å²) < 4.78 is 0. The molecule has 8 heteroatoms. The fourth-order valence-corrected chi connectivity index (χ4v) is 6.90. The number of piperazine rings is 1. The van der Waals surface area contributed by atoms with Gasteiger partial charge in [0.2, 0.25) is 5.95 Å². The molecule has 2 N–H and O–H groups in total. The van der Waals surface area contributed by atoms with Gasteiger partial charge in [-0.1, -0.05) is 74.2 Å². The molecule has 1 saturated carbocycles. The van der Waals surface area contributed by atoms with Gasteiger partial charge < -0.3 is 25.3 Å². The minimum absolute atomic E-state index is 0.130. The number of thiocarbonyl (C=S) groups is 1. The van der Waals surface area contributed by atoms with Crippen LogP contribution in [0.5, 0.6) is 0 Å². The third-order valence-electron chi connectivity index (χ3n) is 9.11. The van der Waals surface area contributed by atoms with E-state index in [2.05, 4.69) is 92.1 Å². The number of benzene rings is 2. The van der Waals surface area contributed by atoms with Crippen molar-refractivity contribution in [1.82, 2.24) is 15.3 Å². The number of anilines is 4. The molecule has 3 aromatic rings. The van der Waals surface area contributed by atoms with Crippen LogP contribution in [-0.4, -0.2) is 60.9 Å². The van der Waals surface area contributed by atoms with Crippen LogP contribution in [-0.2, 0) is 5.41 Å². The second kappa shape index (κ2) is 13.1. The lowest BCUT2D eigenvalue weighted by Crippen LogP contribution is -2.47. The van der Waals surface area contributed by atoms with Gasteiger partial charge >= 0.3 is 0 Å². The monoisotopic (exact) mass is 569 g/mol. The second-order valence-corrected chi connectivity index (χ2v) is 12.2. The first-order chi connectivity index (χ1) is 20.2. The first-order valence-corrected chi connectivity index (χ1v) is 15.9. The molecule has 0 radical (unpaired) electrons. The summed E-state index contributed by atoms with van der Waals surface area (Å²) in [5.41, 5.74) is 2.82. The highest BCUT2D eigenvalue weighted by atomic mass is 32.1. The van der Waals surface area contributed by atoms with Gasteiger partial charge in [-0.2, -0.15) is 9.97 Å². The number of rotatable bonds is 7. The average molecular weight is 570 g/mol. The van der Waals surface area contributed by atoms with E-state index >= 15 is 0 Å². The predicted molar refractivity (Wildman–Crippen MR) is 174 cm³/mol. The number of para-hydroxylation sites is 1. The number of aromatic nitrogens is 2. The van der Waals surface area contributed by atoms with E-state index in [1.807, 2.05) is 0 Å². The third kappa shape index (κ3) is 6.75. The summed E-state index contributed by atoms with van der Waals surface area (Å²) in [5.74, 6) is 2.57. The molecule has 2 aliphatic heterocycles. The molecule has 3 fully saturated rings. The molecule has 3 heterocycles. The molecule has 7 nitrogen and oxygen atoms in total. The Hall–Kier alpha value is -3.39. The van der Waals surface area contributed by atoms with Crippen molar-refractivity contribution < 1.29 is 0 Å². The van der Waals surface area contributed by atoms with Crippen LogP contribution in [0, 0.1) is 0 Å². The molecule has 216 valence electrons. The topological polar surface area (TPSA) is 59.6 Å². The molecular formula is C33H43N7S. The highest BCUT2D eigenvalue weighted by Gasteiger charge is 2.35. The predicted octanol–water partition coefficient (Wildman–Crippen LogP) is 5.98. The van der Waals surface area contributed by atoms with Gasteiger partial charge in [-0.05, 0) is 55.6 Å². The first kappa shape index (κ1) is 27.8. The molecule has 1 aliphatic carbocycles. The van der Waals surface area contributed by atoms with Crippen molar-refractivity contribution in [3.8, 4) is 0 Å². The highest BCUT2D eigenvalue weighted by Crippen LogP contribution is 2.40. The molecule has 0 spiro atoms. The lowest BCUT2D eigenvalue weighted by molar-refractivity contribution is 0.435. The van der Waals surface area contributed by atoms with Crippen LogP contribution in [0.2, 0.25) is 0 Å². The van der Waals surface area contributed by atoms with Crippen molar-refractivity contribution in [2.45, 2.75) is 56.8 Å². The fraction of sp³-hybridized carbons (Fsp3) is 0.485. The van der Waals surface area contributed by atoms with Crippen molar-refractivity contribution in [2.75, 3.05) is 65.8 Å². The number of nitrogens with zero attached hydrogens (tertiary/aromatic N) is 5. The van der Waals surface area contributed by atoms with Crippen molar-refractivity contribution in [3.63, 3.8) is 0 Å². The number of nitrogens with one attached hydrogen (secondary N) is 2. The van der Waals surface area contributed by atoms with Crippen molar-refractivity contribution in [1.29, 1.82) is 0 Å². The Morgan fingerprint density at radius 1 is 0.683 bits per heavy atom. The summed E-state index contributed by atoms with van der Waals surface area (Å²) in [4.78, 5) is 17.3. The fourth-order valence-electron chi connectivity index (χ4n) is 6.74. The number of hydrogen-bond donors (Lipinski definition) is 2. The van der Waals surface area contributed by atoms with E-state index in [9.17, 15) is 0 Å². The van der Waals surface area contributed by atoms with Crippen LogP contribution in [0.25, 0.3) is 0 Å². The standard InChI is InChI=1S/C33H43N7S/c41-32(34-26-33(17-9-10-18-33)27-13-5-3-6-14-27)37-31-35-29(39-19-11-1-2-12-20-39)25-30(36-31)40-23-21-38(22-24-40)28-15-7-4-8-16-28/h3-8,13-16,25H,1-2,9-12,17-24,26H2,(H2,34,35,36,37,41). The van der Waals surface area contributed by atoms with Crippen LogP contribution >= 0.6 is 12.2 Å². The Kier molecular flexibility index (Phi) is 8.85. The van der Waals surface area contributed by atoms with Gasteiger partial charge in [0, 0.05) is 63.0 Å². The van der Waals surface area contributed by atoms with Gasteiger partial charge in [-0.3, -0.25) is 0 Å². The van der Waals surface area contributed by atoms with E-state index in [1.165, 1.54) is 62.6 Å². The molecule has 0 unspecified atom stereocenters. The lowest BCUT2D eigenvalue weighted by atomic mass is 9.79. The van der Waals surface area contributed by atoms with Crippen molar-refractivity contribution >= 4 is 40.6 Å². The quantitative estimate of drug-likeness (QED) is 0.337. The Labute approximate surface area is 250 Å². The molecule has 0 atom stereocenters. The maximum absolute atomic E-state index is 5.82. The highest BCUT2D eigenvalue weighted by molar-refractivity contribution is 7.80. The summed E-state index contributed by atoms with van der Waals surface area (Å²) in [7, 11) is 0. The molecular weight excluding hydrogens is 526 g/mol. The normalized spacial score (nSPS) is 19.1. The molecule has 0 amide bonds. The van der Waals surface area contributed by atoms with Gasteiger partial charge in [0.25, 0.3) is 0 Å². The third-order valence-corrected chi connectivity index (χ3v) is 9.36. The van der Waals surface area contributed by atoms with Crippen molar-refractivity contribution in [3.05, 3.63) is 72.3 Å². The lowest BCUT2D eigenvalue weighted by Gasteiger charge is -2.37. The van der Waals surface area contributed by atoms with E-state index in [4.69, 9.17) is 22.2 Å². The molecule has 3 aliphatic rings. The van der Waals surface area contributed by atoms with Gasteiger partial charge in [0.15, 0.2) is 5.11 Å². The van der Waals surface area contributed by atoms with Crippen LogP contribution in [0.15, 0.2) is 66.7 Å². The minimum Gasteiger partial charge on any atom is -0.368 e. The van der Waals surface area contributed by atoms with Gasteiger partial charge in [0.1, 0.15) is 11.6 Å². The van der Waals surface area contributed by atoms with E-state index in [1.54, 1.807) is 0 Å². The molecule has 41 heavy (non-hydrogen) atoms. The van der Waals surface area contributed by atoms with Gasteiger partial charge in [-0.15, -0.1) is 0 Å². The summed E-state index contributed by atoms with van der Waals surface area (Å²) in [6.45, 7) is 6.69. The molecule has 6 rings (SSSR count). The van der Waals surface area contributed by atoms with Gasteiger partial charge in [-0.25, -0.2) is 0 Å². The first-order valence-electron chi connectivity index (χ1n) is 15.5. The zero-order valence-electron chi connectivity index (χ0n) is 24.1. The summed E-state index contributed by atoms with van der Waals surface area (Å²) >= 11 is 5.82. The summed E-state index contributed by atoms with van der Waals surface area (Å²) in [5, 5.41) is 7.53. The zero-order chi connectivity index (χ0) is 27.9. The van der Waals surface area contributed by atoms with E-state index in [0.29, 0.717) is 11.1 Å². The van der Waals surface area contributed by atoms with E-state index < -0.39 is 0 Å². The van der Waals surface area contributed by atoms with Crippen LogP contribution in [0.1, 0.15) is 56.9 Å². The van der Waals surface area contributed by atoms with Crippen LogP contribution in [0.4, 0.5) is 23.3 Å². The van der Waals surface area contributed by atoms with Crippen molar-refractivity contribution in [2.24, 2.45) is 0 Å². The maximum atomic E-state index is 5.82. The SMILES string of the molecule is S=C(NCC1(c2ccccc2)CCCC1)Nc1nc(N2CCCCCC2)cc(N2CCN(c3ccccc3)CC2)n1. The zero-order valence-corrected chi connectivity index (χ0v) is 24.9. The van der Waals surface area contributed by atoms with Gasteiger partial charge in [0.05, 0.1) is 0 Å². The largest absolute Gasteiger partial charge is 0.368 e. The minimum atomic E-state index is 0.130. The number of hydrogen-bond acceptors (Lipinski definition) is 6. The van der Waals surface area contributed by atoms with Crippen LogP contribution in [0.3, 0.4) is 0 Å². The van der Waals surface area contributed by atoms with Crippen LogP contribution < -0.4 is 25.3 Å². The Morgan fingerprint density at radius 2 is 1.24 bits per heavy atom. The Bertz CT molecular complexity index is 1260. The Morgan fingerprint density at radius 3 is 1.88 bits per heavy atom. The molecule has 0 bridgehead atoms. The summed E-state index contributed by atoms with van der Waals surface area (Å²) in [6, 6.07) is 23.8. The second-order valence-electron chi connectivity index (χ2n) is 11.8. The molecule has 2 aromatic carbocycles. The maximum Gasteiger partial charge on any atom is 0.232 e.